The molecule has 0 aliphatic carbocycles. The Morgan fingerprint density at radius 3 is 1.71 bits per heavy atom. The zero-order valence-corrected chi connectivity index (χ0v) is 19.4. The number of nitrogens with one attached hydrogen (secondary N) is 2. The summed E-state index contributed by atoms with van der Waals surface area (Å²) in [6, 6.07) is 11.5. The molecule has 2 aromatic heterocycles. The highest BCUT2D eigenvalue weighted by atomic mass is 16.2. The summed E-state index contributed by atoms with van der Waals surface area (Å²) in [6.07, 6.45) is 6.13. The lowest BCUT2D eigenvalue weighted by Crippen LogP contribution is -2.43. The van der Waals surface area contributed by atoms with Gasteiger partial charge in [-0.3, -0.25) is 29.3 Å². The Kier molecular flexibility index (Phi) is 11.7. The lowest BCUT2D eigenvalue weighted by Gasteiger charge is -2.26. The minimum atomic E-state index is -0.302. The van der Waals surface area contributed by atoms with Gasteiger partial charge < -0.3 is 15.5 Å². The van der Waals surface area contributed by atoms with Gasteiger partial charge in [-0.05, 0) is 36.4 Å². The molecule has 0 fully saturated rings. The minimum Gasteiger partial charge on any atom is -0.351 e. The van der Waals surface area contributed by atoms with Gasteiger partial charge in [0.2, 0.25) is 17.7 Å². The zero-order chi connectivity index (χ0) is 24.6. The average molecular weight is 465 g/mol. The molecule has 180 valence electrons. The van der Waals surface area contributed by atoms with Crippen LogP contribution in [0.5, 0.6) is 0 Å². The largest absolute Gasteiger partial charge is 0.351 e. The van der Waals surface area contributed by atoms with Crippen LogP contribution in [0.15, 0.2) is 74.1 Å². The van der Waals surface area contributed by atoms with Crippen LogP contribution in [0, 0.1) is 0 Å². The molecule has 0 aliphatic rings. The molecule has 0 atom stereocenters. The van der Waals surface area contributed by atoms with Crippen molar-refractivity contribution in [1.29, 1.82) is 0 Å². The number of aromatic nitrogens is 2. The van der Waals surface area contributed by atoms with Crippen molar-refractivity contribution in [3.63, 3.8) is 0 Å². The molecule has 9 heteroatoms. The Bertz CT molecular complexity index is 869. The third-order valence-corrected chi connectivity index (χ3v) is 4.95. The van der Waals surface area contributed by atoms with Gasteiger partial charge in [-0.1, -0.05) is 25.3 Å². The summed E-state index contributed by atoms with van der Waals surface area (Å²) >= 11 is 0. The number of carbonyl (C=O) groups is 3. The van der Waals surface area contributed by atoms with E-state index in [1.807, 2.05) is 36.4 Å². The van der Waals surface area contributed by atoms with Crippen molar-refractivity contribution in [3.8, 4) is 0 Å². The van der Waals surface area contributed by atoms with Crippen LogP contribution >= 0.6 is 0 Å². The van der Waals surface area contributed by atoms with Crippen LogP contribution in [0.25, 0.3) is 0 Å². The fraction of sp³-hybridized carbons (Fsp3) is 0.320. The van der Waals surface area contributed by atoms with E-state index in [9.17, 15) is 14.4 Å². The maximum absolute atomic E-state index is 13.0. The van der Waals surface area contributed by atoms with E-state index in [1.165, 1.54) is 12.2 Å². The van der Waals surface area contributed by atoms with Gasteiger partial charge in [-0.15, -0.1) is 0 Å². The maximum atomic E-state index is 13.0. The SMILES string of the molecule is C=CC(=O)NCCN(CCNC(=O)C=C)C(=O)CCN(Cc1ccccn1)Cc1ccccn1. The van der Waals surface area contributed by atoms with E-state index in [0.717, 1.165) is 11.4 Å². The third kappa shape index (κ3) is 10.2. The minimum absolute atomic E-state index is 0.0762. The van der Waals surface area contributed by atoms with Gasteiger partial charge in [0.1, 0.15) is 0 Å². The fourth-order valence-corrected chi connectivity index (χ4v) is 3.20. The van der Waals surface area contributed by atoms with Gasteiger partial charge in [0.15, 0.2) is 0 Å². The average Bonchev–Trinajstić information content (AvgIpc) is 2.87. The quantitative estimate of drug-likeness (QED) is 0.385. The molecule has 0 bridgehead atoms. The first-order valence-corrected chi connectivity index (χ1v) is 11.1. The van der Waals surface area contributed by atoms with Gasteiger partial charge in [-0.2, -0.15) is 0 Å². The molecule has 0 saturated carbocycles. The summed E-state index contributed by atoms with van der Waals surface area (Å²) < 4.78 is 0. The molecule has 0 aliphatic heterocycles. The lowest BCUT2D eigenvalue weighted by atomic mass is 10.2. The normalized spacial score (nSPS) is 10.4. The number of carbonyl (C=O) groups excluding carboxylic acids is 3. The second kappa shape index (κ2) is 15.1. The Hall–Kier alpha value is -3.85. The molecule has 0 aromatic carbocycles. The number of amides is 3. The van der Waals surface area contributed by atoms with Crippen molar-refractivity contribution >= 4 is 17.7 Å². The van der Waals surface area contributed by atoms with Crippen LogP contribution < -0.4 is 10.6 Å². The first-order valence-electron chi connectivity index (χ1n) is 11.1. The molecule has 2 aromatic rings. The van der Waals surface area contributed by atoms with E-state index in [1.54, 1.807) is 17.3 Å². The zero-order valence-electron chi connectivity index (χ0n) is 19.4. The highest BCUT2D eigenvalue weighted by Crippen LogP contribution is 2.08. The fourth-order valence-electron chi connectivity index (χ4n) is 3.20. The topological polar surface area (TPSA) is 108 Å². The van der Waals surface area contributed by atoms with E-state index in [0.29, 0.717) is 32.7 Å². The monoisotopic (exact) mass is 464 g/mol. The smallest absolute Gasteiger partial charge is 0.243 e. The highest BCUT2D eigenvalue weighted by molar-refractivity contribution is 5.87. The first kappa shape index (κ1) is 26.4. The lowest BCUT2D eigenvalue weighted by molar-refractivity contribution is -0.132. The van der Waals surface area contributed by atoms with Crippen molar-refractivity contribution in [3.05, 3.63) is 85.5 Å². The van der Waals surface area contributed by atoms with E-state index in [-0.39, 0.29) is 37.2 Å². The summed E-state index contributed by atoms with van der Waals surface area (Å²) in [5, 5.41) is 5.35. The molecule has 3 amide bonds. The van der Waals surface area contributed by atoms with E-state index in [2.05, 4.69) is 38.7 Å². The molecule has 2 heterocycles. The van der Waals surface area contributed by atoms with Crippen LogP contribution in [0.3, 0.4) is 0 Å². The second-order valence-electron chi connectivity index (χ2n) is 7.47. The van der Waals surface area contributed by atoms with E-state index in [4.69, 9.17) is 0 Å². The Morgan fingerprint density at radius 1 is 0.794 bits per heavy atom. The number of nitrogens with zero attached hydrogens (tertiary/aromatic N) is 4. The summed E-state index contributed by atoms with van der Waals surface area (Å²) in [7, 11) is 0. The first-order chi connectivity index (χ1) is 16.5. The second-order valence-corrected chi connectivity index (χ2v) is 7.47. The summed E-state index contributed by atoms with van der Waals surface area (Å²) in [4.78, 5) is 48.5. The molecule has 2 N–H and O–H groups in total. The molecule has 2 rings (SSSR count). The molecule has 0 spiro atoms. The van der Waals surface area contributed by atoms with Crippen LogP contribution in [0.1, 0.15) is 17.8 Å². The highest BCUT2D eigenvalue weighted by Gasteiger charge is 2.17. The van der Waals surface area contributed by atoms with Gasteiger partial charge in [0, 0.05) is 64.6 Å². The van der Waals surface area contributed by atoms with Gasteiger partial charge in [0.25, 0.3) is 0 Å². The summed E-state index contributed by atoms with van der Waals surface area (Å²) in [6.45, 7) is 9.73. The molecular formula is C25H32N6O3. The Balaban J connectivity index is 2.00. The number of hydrogen-bond donors (Lipinski definition) is 2. The molecule has 34 heavy (non-hydrogen) atoms. The van der Waals surface area contributed by atoms with Gasteiger partial charge >= 0.3 is 0 Å². The van der Waals surface area contributed by atoms with Gasteiger partial charge in [0.05, 0.1) is 11.4 Å². The van der Waals surface area contributed by atoms with Crippen LogP contribution in [0.2, 0.25) is 0 Å². The Labute approximate surface area is 200 Å². The third-order valence-electron chi connectivity index (χ3n) is 4.95. The van der Waals surface area contributed by atoms with Crippen molar-refractivity contribution in [2.24, 2.45) is 0 Å². The van der Waals surface area contributed by atoms with Gasteiger partial charge in [-0.25, -0.2) is 0 Å². The molecular weight excluding hydrogens is 432 g/mol. The molecule has 0 unspecified atom stereocenters. The van der Waals surface area contributed by atoms with Crippen LogP contribution in [-0.2, 0) is 27.5 Å². The van der Waals surface area contributed by atoms with Crippen molar-refractivity contribution in [1.82, 2.24) is 30.4 Å². The van der Waals surface area contributed by atoms with Crippen LogP contribution in [-0.4, -0.2) is 70.2 Å². The Morgan fingerprint density at radius 2 is 1.29 bits per heavy atom. The number of pyridine rings is 2. The number of rotatable bonds is 15. The van der Waals surface area contributed by atoms with Crippen molar-refractivity contribution in [2.75, 3.05) is 32.7 Å². The van der Waals surface area contributed by atoms with Crippen LogP contribution in [0.4, 0.5) is 0 Å². The maximum Gasteiger partial charge on any atom is 0.243 e. The van der Waals surface area contributed by atoms with E-state index >= 15 is 0 Å². The van der Waals surface area contributed by atoms with Crippen molar-refractivity contribution in [2.45, 2.75) is 19.5 Å². The molecule has 9 nitrogen and oxygen atoms in total. The predicted octanol–water partition coefficient (Wildman–Crippen LogP) is 1.30. The standard InChI is InChI=1S/C25H32N6O3/c1-3-23(32)28-14-17-31(18-15-29-24(33)4-2)25(34)11-16-30(19-21-9-5-7-12-26-21)20-22-10-6-8-13-27-22/h3-10,12-13H,1-2,11,14-20H2,(H,28,32)(H,29,33). The molecule has 0 radical (unpaired) electrons. The predicted molar refractivity (Wildman–Crippen MR) is 130 cm³/mol. The van der Waals surface area contributed by atoms with Crippen molar-refractivity contribution < 1.29 is 14.4 Å². The summed E-state index contributed by atoms with van der Waals surface area (Å²) in [5.74, 6) is -0.679. The molecule has 0 saturated heterocycles. The van der Waals surface area contributed by atoms with E-state index < -0.39 is 0 Å². The number of hydrogen-bond acceptors (Lipinski definition) is 6. The summed E-state index contributed by atoms with van der Waals surface area (Å²) in [5.41, 5.74) is 1.81.